The first-order valence-electron chi connectivity index (χ1n) is 8.70. The molecule has 1 aliphatic rings. The lowest BCUT2D eigenvalue weighted by molar-refractivity contribution is -0.138. The third kappa shape index (κ3) is 4.10. The molecule has 3 rings (SSSR count). The summed E-state index contributed by atoms with van der Waals surface area (Å²) in [6.07, 6.45) is 2.53. The molecule has 2 aromatic rings. The first-order chi connectivity index (χ1) is 11.8. The third-order valence-electron chi connectivity index (χ3n) is 4.74. The Morgan fingerprint density at radius 3 is 2.48 bits per heavy atom. The fourth-order valence-corrected chi connectivity index (χ4v) is 3.76. The van der Waals surface area contributed by atoms with Gasteiger partial charge in [-0.3, -0.25) is 4.79 Å². The highest BCUT2D eigenvalue weighted by Gasteiger charge is 2.49. The monoisotopic (exact) mass is 342 g/mol. The number of benzene rings is 1. The molecule has 2 heterocycles. The minimum absolute atomic E-state index is 0.00195. The van der Waals surface area contributed by atoms with Crippen molar-refractivity contribution >= 4 is 5.91 Å². The Bertz CT molecular complexity index is 708. The van der Waals surface area contributed by atoms with E-state index in [4.69, 9.17) is 9.26 Å². The van der Waals surface area contributed by atoms with Crippen LogP contribution in [0, 0.1) is 0 Å². The van der Waals surface area contributed by atoms with Gasteiger partial charge in [-0.05, 0) is 39.7 Å². The molecule has 1 aliphatic heterocycles. The number of rotatable bonds is 5. The summed E-state index contributed by atoms with van der Waals surface area (Å²) in [7, 11) is 0. The number of nitrogens with zero attached hydrogens (tertiary/aromatic N) is 2. The van der Waals surface area contributed by atoms with E-state index in [0.29, 0.717) is 12.2 Å². The topological polar surface area (TPSA) is 55.6 Å². The normalized spacial score (nSPS) is 21.2. The highest BCUT2D eigenvalue weighted by molar-refractivity contribution is 5.78. The Labute approximate surface area is 148 Å². The average Bonchev–Trinajstić information content (AvgIpc) is 3.10. The van der Waals surface area contributed by atoms with Gasteiger partial charge in [0.05, 0.1) is 29.4 Å². The molecule has 0 radical (unpaired) electrons. The molecule has 134 valence electrons. The minimum Gasteiger partial charge on any atom is -0.367 e. The molecule has 1 atom stereocenters. The molecule has 5 heteroatoms. The molecule has 1 fully saturated rings. The molecule has 5 nitrogen and oxygen atoms in total. The first kappa shape index (κ1) is 17.7. The molecule has 0 saturated carbocycles. The summed E-state index contributed by atoms with van der Waals surface area (Å²) in [6.45, 7) is 8.85. The molecule has 1 amide bonds. The first-order valence-corrected chi connectivity index (χ1v) is 8.70. The van der Waals surface area contributed by atoms with Crippen LogP contribution in [0.25, 0.3) is 0 Å². The van der Waals surface area contributed by atoms with Gasteiger partial charge in [0.15, 0.2) is 0 Å². The zero-order chi connectivity index (χ0) is 18.1. The van der Waals surface area contributed by atoms with Gasteiger partial charge in [0.25, 0.3) is 0 Å². The van der Waals surface area contributed by atoms with Crippen LogP contribution in [0.4, 0.5) is 0 Å². The number of carbonyl (C=O) groups is 1. The summed E-state index contributed by atoms with van der Waals surface area (Å²) in [6, 6.07) is 11.8. The summed E-state index contributed by atoms with van der Waals surface area (Å²) in [4.78, 5) is 15.0. The van der Waals surface area contributed by atoms with Crippen molar-refractivity contribution in [1.29, 1.82) is 0 Å². The summed E-state index contributed by atoms with van der Waals surface area (Å²) in [5.41, 5.74) is 1.10. The molecule has 0 N–H and O–H groups in total. The SMILES string of the molecule is CC1(C)CC(N(Cc2ccccc2)C(=O)Cc2ccon2)C(C)(C)O1. The average molecular weight is 342 g/mol. The number of aromatic nitrogens is 1. The van der Waals surface area contributed by atoms with Crippen LogP contribution in [-0.4, -0.2) is 33.2 Å². The molecule has 25 heavy (non-hydrogen) atoms. The van der Waals surface area contributed by atoms with Crippen molar-refractivity contribution in [2.75, 3.05) is 0 Å². The van der Waals surface area contributed by atoms with Crippen molar-refractivity contribution in [3.05, 3.63) is 53.9 Å². The van der Waals surface area contributed by atoms with Crippen LogP contribution in [0.5, 0.6) is 0 Å². The van der Waals surface area contributed by atoms with Crippen LogP contribution < -0.4 is 0 Å². The summed E-state index contributed by atoms with van der Waals surface area (Å²) < 4.78 is 11.1. The number of carbonyl (C=O) groups excluding carboxylic acids is 1. The standard InChI is InChI=1S/C20H26N2O3/c1-19(2)13-17(20(3,4)25-19)22(14-15-8-6-5-7-9-15)18(23)12-16-10-11-24-21-16/h5-11,17H,12-14H2,1-4H3. The van der Waals surface area contributed by atoms with Crippen LogP contribution >= 0.6 is 0 Å². The quantitative estimate of drug-likeness (QED) is 0.833. The summed E-state index contributed by atoms with van der Waals surface area (Å²) >= 11 is 0. The van der Waals surface area contributed by atoms with Crippen molar-refractivity contribution in [2.45, 2.75) is 64.3 Å². The Kier molecular flexibility index (Phi) is 4.69. The minimum atomic E-state index is -0.405. The van der Waals surface area contributed by atoms with E-state index in [-0.39, 0.29) is 24.0 Å². The molecule has 1 unspecified atom stereocenters. The van der Waals surface area contributed by atoms with Gasteiger partial charge in [0.1, 0.15) is 6.26 Å². The lowest BCUT2D eigenvalue weighted by atomic mass is 9.92. The van der Waals surface area contributed by atoms with Gasteiger partial charge in [-0.1, -0.05) is 35.5 Å². The van der Waals surface area contributed by atoms with Crippen LogP contribution in [0.3, 0.4) is 0 Å². The third-order valence-corrected chi connectivity index (χ3v) is 4.74. The van der Waals surface area contributed by atoms with E-state index in [1.807, 2.05) is 35.2 Å². The predicted molar refractivity (Wildman–Crippen MR) is 94.8 cm³/mol. The maximum atomic E-state index is 13.1. The zero-order valence-electron chi connectivity index (χ0n) is 15.4. The van der Waals surface area contributed by atoms with E-state index in [0.717, 1.165) is 12.0 Å². The Hall–Kier alpha value is -2.14. The lowest BCUT2D eigenvalue weighted by Gasteiger charge is -2.36. The smallest absolute Gasteiger partial charge is 0.229 e. The number of hydrogen-bond donors (Lipinski definition) is 0. The van der Waals surface area contributed by atoms with Crippen LogP contribution in [-0.2, 0) is 22.5 Å². The van der Waals surface area contributed by atoms with Gasteiger partial charge in [-0.2, -0.15) is 0 Å². The summed E-state index contributed by atoms with van der Waals surface area (Å²) in [5, 5.41) is 3.88. The van der Waals surface area contributed by atoms with Crippen LogP contribution in [0.1, 0.15) is 45.4 Å². The van der Waals surface area contributed by atoms with E-state index in [2.05, 4.69) is 32.9 Å². The second-order valence-corrected chi connectivity index (χ2v) is 7.86. The fraction of sp³-hybridized carbons (Fsp3) is 0.500. The zero-order valence-corrected chi connectivity index (χ0v) is 15.4. The second kappa shape index (κ2) is 6.64. The van der Waals surface area contributed by atoms with E-state index in [9.17, 15) is 4.79 Å². The summed E-state index contributed by atoms with van der Waals surface area (Å²) in [5.74, 6) is 0.0390. The highest BCUT2D eigenvalue weighted by atomic mass is 16.5. The van der Waals surface area contributed by atoms with Crippen molar-refractivity contribution in [1.82, 2.24) is 10.1 Å². The maximum absolute atomic E-state index is 13.1. The van der Waals surface area contributed by atoms with E-state index in [1.165, 1.54) is 6.26 Å². The fourth-order valence-electron chi connectivity index (χ4n) is 3.76. The largest absolute Gasteiger partial charge is 0.367 e. The Balaban J connectivity index is 1.87. The molecule has 0 aliphatic carbocycles. The molecular weight excluding hydrogens is 316 g/mol. The van der Waals surface area contributed by atoms with Crippen LogP contribution in [0.15, 0.2) is 47.2 Å². The van der Waals surface area contributed by atoms with E-state index >= 15 is 0 Å². The highest BCUT2D eigenvalue weighted by Crippen LogP contribution is 2.40. The van der Waals surface area contributed by atoms with Gasteiger partial charge in [0, 0.05) is 12.6 Å². The van der Waals surface area contributed by atoms with Gasteiger partial charge < -0.3 is 14.2 Å². The predicted octanol–water partition coefficient (Wildman–Crippen LogP) is 3.59. The lowest BCUT2D eigenvalue weighted by Crippen LogP contribution is -2.49. The van der Waals surface area contributed by atoms with E-state index in [1.54, 1.807) is 6.07 Å². The van der Waals surface area contributed by atoms with Crippen molar-refractivity contribution in [3.63, 3.8) is 0 Å². The Morgan fingerprint density at radius 1 is 1.20 bits per heavy atom. The maximum Gasteiger partial charge on any atom is 0.229 e. The Morgan fingerprint density at radius 2 is 1.92 bits per heavy atom. The molecule has 0 bridgehead atoms. The van der Waals surface area contributed by atoms with Gasteiger partial charge >= 0.3 is 0 Å². The van der Waals surface area contributed by atoms with Crippen molar-refractivity contribution < 1.29 is 14.1 Å². The second-order valence-electron chi connectivity index (χ2n) is 7.86. The van der Waals surface area contributed by atoms with Gasteiger partial charge in [-0.15, -0.1) is 0 Å². The van der Waals surface area contributed by atoms with Crippen molar-refractivity contribution in [2.24, 2.45) is 0 Å². The molecule has 1 aromatic carbocycles. The number of ether oxygens (including phenoxy) is 1. The molecule has 1 saturated heterocycles. The number of hydrogen-bond acceptors (Lipinski definition) is 4. The molecule has 0 spiro atoms. The van der Waals surface area contributed by atoms with E-state index < -0.39 is 5.60 Å². The molecular formula is C20H26N2O3. The molecule has 1 aromatic heterocycles. The van der Waals surface area contributed by atoms with Crippen LogP contribution in [0.2, 0.25) is 0 Å². The van der Waals surface area contributed by atoms with Gasteiger partial charge in [0.2, 0.25) is 5.91 Å². The number of amides is 1. The van der Waals surface area contributed by atoms with Crippen molar-refractivity contribution in [3.8, 4) is 0 Å². The van der Waals surface area contributed by atoms with Gasteiger partial charge in [-0.25, -0.2) is 0 Å².